The molecule has 0 saturated heterocycles. The molecular formula is C35H71NO2. The molecule has 38 heavy (non-hydrogen) atoms. The first-order valence-corrected chi connectivity index (χ1v) is 17.2. The second-order valence-electron chi connectivity index (χ2n) is 13.5. The Morgan fingerprint density at radius 3 is 0.974 bits per heavy atom. The van der Waals surface area contributed by atoms with Crippen LogP contribution >= 0.6 is 0 Å². The maximum atomic E-state index is 12.4. The molecule has 0 aromatic rings. The zero-order valence-electron chi connectivity index (χ0n) is 27.2. The van der Waals surface area contributed by atoms with Gasteiger partial charge in [0.15, 0.2) is 0 Å². The zero-order chi connectivity index (χ0) is 28.5. The molecule has 0 aromatic carbocycles. The molecular weight excluding hydrogens is 466 g/mol. The van der Waals surface area contributed by atoms with Gasteiger partial charge in [0.05, 0.1) is 21.1 Å². The van der Waals surface area contributed by atoms with Gasteiger partial charge in [-0.3, -0.25) is 0 Å². The molecule has 0 N–H and O–H groups in total. The summed E-state index contributed by atoms with van der Waals surface area (Å²) >= 11 is 0. The molecule has 0 aliphatic carbocycles. The van der Waals surface area contributed by atoms with E-state index in [1.165, 1.54) is 141 Å². The highest BCUT2D eigenvalue weighted by atomic mass is 16.4. The van der Waals surface area contributed by atoms with Crippen LogP contribution in [0.5, 0.6) is 0 Å². The SMILES string of the molecule is CCCCCCCCCCCCCCCCCC(CCCCCCCCCCC)C(C)(C(=O)[O-])[N+](C)(C)C. The number of carboxylic acids is 1. The summed E-state index contributed by atoms with van der Waals surface area (Å²) in [5.74, 6) is -0.675. The molecule has 0 saturated carbocycles. The summed E-state index contributed by atoms with van der Waals surface area (Å²) in [6, 6.07) is 0. The Balaban J connectivity index is 4.20. The lowest BCUT2D eigenvalue weighted by atomic mass is 9.76. The first-order chi connectivity index (χ1) is 18.2. The third-order valence-corrected chi connectivity index (χ3v) is 9.41. The van der Waals surface area contributed by atoms with Crippen LogP contribution in [0.2, 0.25) is 0 Å². The number of hydrogen-bond acceptors (Lipinski definition) is 2. The van der Waals surface area contributed by atoms with Crippen LogP contribution in [0.25, 0.3) is 0 Å². The molecule has 3 heteroatoms. The van der Waals surface area contributed by atoms with Gasteiger partial charge < -0.3 is 14.4 Å². The van der Waals surface area contributed by atoms with Crippen LogP contribution in [0.3, 0.4) is 0 Å². The fraction of sp³-hybridized carbons (Fsp3) is 0.971. The lowest BCUT2D eigenvalue weighted by Gasteiger charge is -2.49. The minimum atomic E-state index is -0.869. The summed E-state index contributed by atoms with van der Waals surface area (Å²) in [4.78, 5) is 12.4. The Hall–Kier alpha value is -0.570. The highest BCUT2D eigenvalue weighted by molar-refractivity contribution is 5.75. The van der Waals surface area contributed by atoms with Crippen LogP contribution in [0, 0.1) is 5.92 Å². The van der Waals surface area contributed by atoms with Crippen LogP contribution in [0.4, 0.5) is 0 Å². The molecule has 0 fully saturated rings. The van der Waals surface area contributed by atoms with Crippen LogP contribution in [-0.4, -0.2) is 37.1 Å². The van der Waals surface area contributed by atoms with Gasteiger partial charge >= 0.3 is 0 Å². The number of carboxylic acid groups (broad SMARTS) is 1. The smallest absolute Gasteiger partial charge is 0.139 e. The molecule has 0 rings (SSSR count). The van der Waals surface area contributed by atoms with Gasteiger partial charge in [0.25, 0.3) is 0 Å². The number of unbranched alkanes of at least 4 members (excludes halogenated alkanes) is 22. The van der Waals surface area contributed by atoms with E-state index in [1.807, 2.05) is 28.1 Å². The molecule has 2 atom stereocenters. The maximum absolute atomic E-state index is 12.4. The number of carbonyl (C=O) groups is 1. The van der Waals surface area contributed by atoms with E-state index < -0.39 is 11.5 Å². The first-order valence-electron chi connectivity index (χ1n) is 17.2. The van der Waals surface area contributed by atoms with Crippen LogP contribution in [0.15, 0.2) is 0 Å². The predicted octanol–water partition coefficient (Wildman–Crippen LogP) is 10.00. The summed E-state index contributed by atoms with van der Waals surface area (Å²) in [6.07, 6.45) is 34.4. The van der Waals surface area contributed by atoms with E-state index in [2.05, 4.69) is 13.8 Å². The Bertz CT molecular complexity index is 527. The molecule has 0 heterocycles. The monoisotopic (exact) mass is 538 g/mol. The average molecular weight is 538 g/mol. The standard InChI is InChI=1S/C35H71NO2/c1-7-9-11-13-15-17-18-19-20-21-22-24-26-28-30-32-33(35(3,34(37)38)36(4,5)6)31-29-27-25-23-16-14-12-10-8-2/h33H,7-32H2,1-6H3. The van der Waals surface area contributed by atoms with Crippen LogP contribution in [0.1, 0.15) is 188 Å². The fourth-order valence-electron chi connectivity index (χ4n) is 6.16. The van der Waals surface area contributed by atoms with E-state index >= 15 is 0 Å². The van der Waals surface area contributed by atoms with E-state index in [-0.39, 0.29) is 5.92 Å². The number of rotatable bonds is 29. The summed E-state index contributed by atoms with van der Waals surface area (Å²) in [5, 5.41) is 12.4. The molecule has 2 unspecified atom stereocenters. The van der Waals surface area contributed by atoms with E-state index in [9.17, 15) is 9.90 Å². The fourth-order valence-corrected chi connectivity index (χ4v) is 6.16. The molecule has 3 nitrogen and oxygen atoms in total. The molecule has 0 aliphatic rings. The molecule has 0 aromatic heterocycles. The van der Waals surface area contributed by atoms with Crippen molar-refractivity contribution in [1.29, 1.82) is 0 Å². The largest absolute Gasteiger partial charge is 0.544 e. The van der Waals surface area contributed by atoms with Crippen molar-refractivity contribution in [2.24, 2.45) is 5.92 Å². The number of aliphatic carboxylic acids is 1. The van der Waals surface area contributed by atoms with Crippen molar-refractivity contribution < 1.29 is 14.4 Å². The van der Waals surface area contributed by atoms with Crippen molar-refractivity contribution in [3.8, 4) is 0 Å². The molecule has 228 valence electrons. The highest BCUT2D eigenvalue weighted by Crippen LogP contribution is 2.35. The molecule has 0 amide bonds. The van der Waals surface area contributed by atoms with Gasteiger partial charge in [-0.25, -0.2) is 0 Å². The predicted molar refractivity (Wildman–Crippen MR) is 166 cm³/mol. The second-order valence-corrected chi connectivity index (χ2v) is 13.5. The minimum absolute atomic E-state index is 0.194. The summed E-state index contributed by atoms with van der Waals surface area (Å²) in [7, 11) is 6.10. The van der Waals surface area contributed by atoms with Gasteiger partial charge in [0, 0.05) is 5.92 Å². The molecule has 0 radical (unpaired) electrons. The highest BCUT2D eigenvalue weighted by Gasteiger charge is 2.46. The Kier molecular flexibility index (Phi) is 23.9. The van der Waals surface area contributed by atoms with Gasteiger partial charge in [-0.1, -0.05) is 168 Å². The quantitative estimate of drug-likeness (QED) is 0.0703. The van der Waals surface area contributed by atoms with Crippen molar-refractivity contribution in [3.63, 3.8) is 0 Å². The van der Waals surface area contributed by atoms with Gasteiger partial charge in [-0.2, -0.15) is 0 Å². The lowest BCUT2D eigenvalue weighted by Crippen LogP contribution is -2.68. The lowest BCUT2D eigenvalue weighted by molar-refractivity contribution is -0.918. The van der Waals surface area contributed by atoms with Gasteiger partial charge in [0.2, 0.25) is 0 Å². The van der Waals surface area contributed by atoms with Crippen LogP contribution < -0.4 is 5.11 Å². The third-order valence-electron chi connectivity index (χ3n) is 9.41. The molecule has 0 aliphatic heterocycles. The average Bonchev–Trinajstić information content (AvgIpc) is 2.87. The first kappa shape index (κ1) is 37.4. The summed E-state index contributed by atoms with van der Waals surface area (Å²) < 4.78 is 0.441. The van der Waals surface area contributed by atoms with Crippen molar-refractivity contribution >= 4 is 5.97 Å². The summed E-state index contributed by atoms with van der Waals surface area (Å²) in [6.45, 7) is 6.51. The Labute approximate surface area is 240 Å². The number of likely N-dealkylation sites (N-methyl/N-ethyl adjacent to an activating group) is 1. The zero-order valence-corrected chi connectivity index (χ0v) is 27.2. The van der Waals surface area contributed by atoms with Crippen molar-refractivity contribution in [1.82, 2.24) is 0 Å². The van der Waals surface area contributed by atoms with Gasteiger partial charge in [-0.05, 0) is 19.8 Å². The normalized spacial score (nSPS) is 14.5. The minimum Gasteiger partial charge on any atom is -0.544 e. The van der Waals surface area contributed by atoms with Crippen molar-refractivity contribution in [3.05, 3.63) is 0 Å². The Morgan fingerprint density at radius 1 is 0.526 bits per heavy atom. The van der Waals surface area contributed by atoms with E-state index in [4.69, 9.17) is 0 Å². The maximum Gasteiger partial charge on any atom is 0.139 e. The number of quaternary nitrogens is 1. The van der Waals surface area contributed by atoms with Crippen molar-refractivity contribution in [2.75, 3.05) is 21.1 Å². The van der Waals surface area contributed by atoms with Gasteiger partial charge in [-0.15, -0.1) is 0 Å². The molecule has 0 bridgehead atoms. The number of hydrogen-bond donors (Lipinski definition) is 0. The molecule has 0 spiro atoms. The van der Waals surface area contributed by atoms with E-state index in [1.54, 1.807) is 0 Å². The van der Waals surface area contributed by atoms with E-state index in [0.717, 1.165) is 25.7 Å². The van der Waals surface area contributed by atoms with Gasteiger partial charge in [0.1, 0.15) is 11.5 Å². The van der Waals surface area contributed by atoms with Crippen molar-refractivity contribution in [2.45, 2.75) is 193 Å². The number of carbonyl (C=O) groups excluding carboxylic acids is 1. The second kappa shape index (κ2) is 24.2. The topological polar surface area (TPSA) is 40.1 Å². The number of nitrogens with zero attached hydrogens (tertiary/aromatic N) is 1. The van der Waals surface area contributed by atoms with E-state index in [0.29, 0.717) is 4.48 Å². The van der Waals surface area contributed by atoms with Crippen LogP contribution in [-0.2, 0) is 4.79 Å². The Morgan fingerprint density at radius 2 is 0.763 bits per heavy atom. The summed E-state index contributed by atoms with van der Waals surface area (Å²) in [5.41, 5.74) is -0.823. The third kappa shape index (κ3) is 17.9.